The number of halogens is 1. The van der Waals surface area contributed by atoms with E-state index in [1.54, 1.807) is 6.07 Å². The third-order valence-corrected chi connectivity index (χ3v) is 2.49. The highest BCUT2D eigenvalue weighted by atomic mass is 35.5. The van der Waals surface area contributed by atoms with Crippen LogP contribution in [0.15, 0.2) is 23.1 Å². The summed E-state index contributed by atoms with van der Waals surface area (Å²) in [4.78, 5) is 0.934. The van der Waals surface area contributed by atoms with Crippen LogP contribution in [-0.4, -0.2) is 5.88 Å². The number of hydrogen-bond acceptors (Lipinski definition) is 2. The predicted molar refractivity (Wildman–Crippen MR) is 57.5 cm³/mol. The van der Waals surface area contributed by atoms with E-state index < -0.39 is 0 Å². The van der Waals surface area contributed by atoms with Crippen molar-refractivity contribution in [1.82, 2.24) is 0 Å². The van der Waals surface area contributed by atoms with E-state index in [4.69, 9.17) is 16.9 Å². The maximum atomic E-state index is 8.68. The summed E-state index contributed by atoms with van der Waals surface area (Å²) in [5, 5.41) is 8.68. The Morgan fingerprint density at radius 1 is 1.46 bits per heavy atom. The number of alkyl halides is 1. The Kier molecular flexibility index (Phi) is 4.14. The van der Waals surface area contributed by atoms with Crippen LogP contribution in [-0.2, 0) is 6.42 Å². The molecule has 1 aromatic rings. The number of nitriles is 1. The molecular formula is C10H10ClNS. The van der Waals surface area contributed by atoms with Crippen LogP contribution in [0.2, 0.25) is 0 Å². The fraction of sp³-hybridized carbons (Fsp3) is 0.300. The first-order chi connectivity index (χ1) is 6.27. The normalized spacial score (nSPS) is 9.62. The van der Waals surface area contributed by atoms with Gasteiger partial charge in [-0.15, -0.1) is 24.2 Å². The standard InChI is InChI=1S/C10H10ClNS/c11-5-1-2-9-6-8(7-12)3-4-10(9)13/h3-4,6,13H,1-2,5H2. The molecule has 0 aliphatic rings. The van der Waals surface area contributed by atoms with E-state index in [0.29, 0.717) is 11.4 Å². The van der Waals surface area contributed by atoms with Crippen LogP contribution in [0, 0.1) is 11.3 Å². The Morgan fingerprint density at radius 2 is 2.23 bits per heavy atom. The molecule has 0 saturated carbocycles. The lowest BCUT2D eigenvalue weighted by Gasteiger charge is -2.03. The van der Waals surface area contributed by atoms with E-state index in [1.807, 2.05) is 12.1 Å². The minimum absolute atomic E-state index is 0.643. The zero-order valence-corrected chi connectivity index (χ0v) is 8.78. The first-order valence-corrected chi connectivity index (χ1v) is 5.04. The molecule has 1 rings (SSSR count). The summed E-state index contributed by atoms with van der Waals surface area (Å²) < 4.78 is 0. The van der Waals surface area contributed by atoms with Gasteiger partial charge in [0.2, 0.25) is 0 Å². The monoisotopic (exact) mass is 211 g/mol. The molecule has 0 aromatic heterocycles. The summed E-state index contributed by atoms with van der Waals surface area (Å²) in [5.74, 6) is 0.643. The molecule has 1 nitrogen and oxygen atoms in total. The van der Waals surface area contributed by atoms with Crippen molar-refractivity contribution in [3.05, 3.63) is 29.3 Å². The van der Waals surface area contributed by atoms with Crippen molar-refractivity contribution in [1.29, 1.82) is 5.26 Å². The molecule has 0 atom stereocenters. The summed E-state index contributed by atoms with van der Waals surface area (Å²) >= 11 is 9.89. The molecule has 0 saturated heterocycles. The van der Waals surface area contributed by atoms with E-state index in [2.05, 4.69) is 18.7 Å². The van der Waals surface area contributed by atoms with Crippen LogP contribution < -0.4 is 0 Å². The van der Waals surface area contributed by atoms with Gasteiger partial charge in [-0.3, -0.25) is 0 Å². The molecule has 0 aliphatic heterocycles. The quantitative estimate of drug-likeness (QED) is 0.603. The lowest BCUT2D eigenvalue weighted by atomic mass is 10.1. The Morgan fingerprint density at radius 3 is 2.85 bits per heavy atom. The Bertz CT molecular complexity index is 330. The average molecular weight is 212 g/mol. The van der Waals surface area contributed by atoms with Gasteiger partial charge in [0, 0.05) is 10.8 Å². The topological polar surface area (TPSA) is 23.8 Å². The minimum Gasteiger partial charge on any atom is -0.192 e. The van der Waals surface area contributed by atoms with E-state index in [9.17, 15) is 0 Å². The number of benzene rings is 1. The van der Waals surface area contributed by atoms with Crippen LogP contribution in [0.25, 0.3) is 0 Å². The molecule has 0 heterocycles. The van der Waals surface area contributed by atoms with Gasteiger partial charge in [0.05, 0.1) is 11.6 Å². The highest BCUT2D eigenvalue weighted by Gasteiger charge is 2.00. The van der Waals surface area contributed by atoms with Crippen LogP contribution in [0.1, 0.15) is 17.5 Å². The molecule has 0 bridgehead atoms. The fourth-order valence-electron chi connectivity index (χ4n) is 1.11. The van der Waals surface area contributed by atoms with E-state index >= 15 is 0 Å². The van der Waals surface area contributed by atoms with Gasteiger partial charge < -0.3 is 0 Å². The van der Waals surface area contributed by atoms with Gasteiger partial charge in [-0.2, -0.15) is 5.26 Å². The van der Waals surface area contributed by atoms with Crippen molar-refractivity contribution in [3.8, 4) is 6.07 Å². The second kappa shape index (κ2) is 5.16. The summed E-state index contributed by atoms with van der Waals surface area (Å²) in [6.07, 6.45) is 1.81. The van der Waals surface area contributed by atoms with Crippen molar-refractivity contribution in [2.24, 2.45) is 0 Å². The zero-order chi connectivity index (χ0) is 9.68. The van der Waals surface area contributed by atoms with Gasteiger partial charge in [0.15, 0.2) is 0 Å². The molecule has 1 aromatic carbocycles. The largest absolute Gasteiger partial charge is 0.192 e. The molecule has 3 heteroatoms. The molecule has 0 radical (unpaired) electrons. The molecule has 0 spiro atoms. The highest BCUT2D eigenvalue weighted by molar-refractivity contribution is 7.80. The smallest absolute Gasteiger partial charge is 0.0991 e. The third-order valence-electron chi connectivity index (χ3n) is 1.79. The third kappa shape index (κ3) is 2.95. The Labute approximate surface area is 88.7 Å². The number of aryl methyl sites for hydroxylation is 1. The summed E-state index contributed by atoms with van der Waals surface area (Å²) in [7, 11) is 0. The SMILES string of the molecule is N#Cc1ccc(S)c(CCCCl)c1. The van der Waals surface area contributed by atoms with Crippen molar-refractivity contribution in [2.45, 2.75) is 17.7 Å². The van der Waals surface area contributed by atoms with E-state index in [0.717, 1.165) is 23.3 Å². The molecular weight excluding hydrogens is 202 g/mol. The molecule has 13 heavy (non-hydrogen) atoms. The number of hydrogen-bond donors (Lipinski definition) is 1. The predicted octanol–water partition coefficient (Wildman–Crippen LogP) is 3.02. The van der Waals surface area contributed by atoms with Gasteiger partial charge in [-0.25, -0.2) is 0 Å². The summed E-state index contributed by atoms with van der Waals surface area (Å²) in [6.45, 7) is 0. The van der Waals surface area contributed by atoms with E-state index in [1.165, 1.54) is 0 Å². The number of nitrogens with zero attached hydrogens (tertiary/aromatic N) is 1. The first kappa shape index (κ1) is 10.4. The Hall–Kier alpha value is -0.650. The number of rotatable bonds is 3. The van der Waals surface area contributed by atoms with Crippen molar-refractivity contribution >= 4 is 24.2 Å². The number of thiol groups is 1. The van der Waals surface area contributed by atoms with Gasteiger partial charge in [0.25, 0.3) is 0 Å². The molecule has 68 valence electrons. The molecule has 0 unspecified atom stereocenters. The maximum Gasteiger partial charge on any atom is 0.0991 e. The van der Waals surface area contributed by atoms with Crippen LogP contribution in [0.5, 0.6) is 0 Å². The highest BCUT2D eigenvalue weighted by Crippen LogP contribution is 2.17. The molecule has 0 amide bonds. The van der Waals surface area contributed by atoms with Crippen LogP contribution >= 0.6 is 24.2 Å². The fourth-order valence-corrected chi connectivity index (χ4v) is 1.50. The van der Waals surface area contributed by atoms with Gasteiger partial charge in [0.1, 0.15) is 0 Å². The van der Waals surface area contributed by atoms with Crippen LogP contribution in [0.3, 0.4) is 0 Å². The molecule has 0 aliphatic carbocycles. The van der Waals surface area contributed by atoms with E-state index in [-0.39, 0.29) is 0 Å². The lowest BCUT2D eigenvalue weighted by Crippen LogP contribution is -1.89. The zero-order valence-electron chi connectivity index (χ0n) is 7.13. The van der Waals surface area contributed by atoms with Gasteiger partial charge >= 0.3 is 0 Å². The minimum atomic E-state index is 0.643. The van der Waals surface area contributed by atoms with Gasteiger partial charge in [-0.05, 0) is 36.6 Å². The van der Waals surface area contributed by atoms with Gasteiger partial charge in [-0.1, -0.05) is 0 Å². The lowest BCUT2D eigenvalue weighted by molar-refractivity contribution is 0.907. The second-order valence-electron chi connectivity index (χ2n) is 2.75. The summed E-state index contributed by atoms with van der Waals surface area (Å²) in [5.41, 5.74) is 1.78. The van der Waals surface area contributed by atoms with Crippen molar-refractivity contribution < 1.29 is 0 Å². The van der Waals surface area contributed by atoms with Crippen molar-refractivity contribution in [3.63, 3.8) is 0 Å². The first-order valence-electron chi connectivity index (χ1n) is 4.06. The molecule has 0 fully saturated rings. The van der Waals surface area contributed by atoms with Crippen molar-refractivity contribution in [2.75, 3.05) is 5.88 Å². The summed E-state index contributed by atoms with van der Waals surface area (Å²) in [6, 6.07) is 7.60. The second-order valence-corrected chi connectivity index (χ2v) is 3.61. The maximum absolute atomic E-state index is 8.68. The Balaban J connectivity index is 2.85. The average Bonchev–Trinajstić information content (AvgIpc) is 2.17. The van der Waals surface area contributed by atoms with Crippen LogP contribution in [0.4, 0.5) is 0 Å². The molecule has 0 N–H and O–H groups in total.